The zero-order valence-electron chi connectivity index (χ0n) is 13.7. The number of aromatic nitrogens is 1. The standard InChI is InChI=1S/C17H20F2N2OS.ClH/c1-3-14-13(10-20-7-6-17(18,19)11-20)9-12(2)21(16(14)22)15-5-4-8-23-15;/h4-5,8-9H,3,6-7,10-11H2,1-2H3;1H. The summed E-state index contributed by atoms with van der Waals surface area (Å²) in [5.41, 5.74) is 2.41. The summed E-state index contributed by atoms with van der Waals surface area (Å²) in [4.78, 5) is 14.6. The largest absolute Gasteiger partial charge is 0.293 e. The molecule has 0 aliphatic carbocycles. The molecule has 2 aromatic rings. The molecule has 3 heterocycles. The van der Waals surface area contributed by atoms with Crippen molar-refractivity contribution in [2.24, 2.45) is 0 Å². The molecular weight excluding hydrogens is 354 g/mol. The Morgan fingerprint density at radius 3 is 2.67 bits per heavy atom. The minimum absolute atomic E-state index is 0. The fourth-order valence-corrected chi connectivity index (χ4v) is 4.00. The smallest absolute Gasteiger partial charge is 0.261 e. The zero-order chi connectivity index (χ0) is 16.6. The molecule has 0 atom stereocenters. The summed E-state index contributed by atoms with van der Waals surface area (Å²) in [6.45, 7) is 4.40. The van der Waals surface area contributed by atoms with Crippen molar-refractivity contribution in [1.82, 2.24) is 9.47 Å². The summed E-state index contributed by atoms with van der Waals surface area (Å²) in [5.74, 6) is -2.60. The zero-order valence-corrected chi connectivity index (χ0v) is 15.4. The Morgan fingerprint density at radius 1 is 1.38 bits per heavy atom. The summed E-state index contributed by atoms with van der Waals surface area (Å²) in [5, 5.41) is 2.83. The van der Waals surface area contributed by atoms with Gasteiger partial charge in [0, 0.05) is 30.8 Å². The van der Waals surface area contributed by atoms with Crippen molar-refractivity contribution in [3.05, 3.63) is 50.8 Å². The first-order valence-corrected chi connectivity index (χ1v) is 8.68. The van der Waals surface area contributed by atoms with Crippen LogP contribution < -0.4 is 5.56 Å². The molecule has 1 aliphatic rings. The van der Waals surface area contributed by atoms with Crippen LogP contribution in [0.3, 0.4) is 0 Å². The number of alkyl halides is 2. The molecule has 0 spiro atoms. The van der Waals surface area contributed by atoms with E-state index in [-0.39, 0.29) is 30.9 Å². The van der Waals surface area contributed by atoms with Gasteiger partial charge in [0.1, 0.15) is 5.00 Å². The Labute approximate surface area is 150 Å². The number of likely N-dealkylation sites (tertiary alicyclic amines) is 1. The van der Waals surface area contributed by atoms with Gasteiger partial charge in [-0.05, 0) is 42.5 Å². The molecule has 1 aliphatic heterocycles. The third-order valence-electron chi connectivity index (χ3n) is 4.31. The van der Waals surface area contributed by atoms with Crippen LogP contribution in [0.4, 0.5) is 8.78 Å². The first-order valence-electron chi connectivity index (χ1n) is 7.80. The van der Waals surface area contributed by atoms with Crippen LogP contribution in [0.15, 0.2) is 28.4 Å². The van der Waals surface area contributed by atoms with E-state index in [9.17, 15) is 13.6 Å². The molecule has 132 valence electrons. The van der Waals surface area contributed by atoms with Gasteiger partial charge in [-0.1, -0.05) is 6.92 Å². The maximum Gasteiger partial charge on any atom is 0.261 e. The topological polar surface area (TPSA) is 25.2 Å². The van der Waals surface area contributed by atoms with E-state index in [2.05, 4.69) is 0 Å². The molecule has 0 radical (unpaired) electrons. The van der Waals surface area contributed by atoms with Gasteiger partial charge in [-0.2, -0.15) is 0 Å². The van der Waals surface area contributed by atoms with Gasteiger partial charge in [-0.25, -0.2) is 8.78 Å². The lowest BCUT2D eigenvalue weighted by Crippen LogP contribution is -2.29. The monoisotopic (exact) mass is 374 g/mol. The van der Waals surface area contributed by atoms with E-state index in [1.165, 1.54) is 11.3 Å². The maximum absolute atomic E-state index is 13.4. The van der Waals surface area contributed by atoms with Crippen LogP contribution in [0.2, 0.25) is 0 Å². The SMILES string of the molecule is CCc1c(CN2CCC(F)(F)C2)cc(C)n(-c2cccs2)c1=O.Cl. The van der Waals surface area contributed by atoms with Gasteiger partial charge in [-0.15, -0.1) is 23.7 Å². The van der Waals surface area contributed by atoms with Crippen molar-refractivity contribution in [1.29, 1.82) is 0 Å². The minimum Gasteiger partial charge on any atom is -0.293 e. The fraction of sp³-hybridized carbons (Fsp3) is 0.471. The van der Waals surface area contributed by atoms with Gasteiger partial charge >= 0.3 is 0 Å². The summed E-state index contributed by atoms with van der Waals surface area (Å²) in [6.07, 6.45) is 0.504. The van der Waals surface area contributed by atoms with Gasteiger partial charge in [0.05, 0.1) is 6.54 Å². The Bertz CT molecular complexity index is 759. The number of thiophene rings is 1. The number of nitrogens with zero attached hydrogens (tertiary/aromatic N) is 2. The predicted octanol–water partition coefficient (Wildman–Crippen LogP) is 4.03. The molecule has 0 amide bonds. The first-order chi connectivity index (χ1) is 10.9. The molecule has 7 heteroatoms. The third-order valence-corrected chi connectivity index (χ3v) is 5.16. The number of hydrogen-bond acceptors (Lipinski definition) is 3. The molecule has 0 aromatic carbocycles. The average molecular weight is 375 g/mol. The Morgan fingerprint density at radius 2 is 2.12 bits per heavy atom. The summed E-state index contributed by atoms with van der Waals surface area (Å²) >= 11 is 1.52. The van der Waals surface area contributed by atoms with E-state index in [4.69, 9.17) is 0 Å². The molecule has 3 rings (SSSR count). The summed E-state index contributed by atoms with van der Waals surface area (Å²) < 4.78 is 28.5. The highest BCUT2D eigenvalue weighted by molar-refractivity contribution is 7.12. The van der Waals surface area contributed by atoms with Crippen LogP contribution in [-0.4, -0.2) is 28.5 Å². The number of rotatable bonds is 4. The quantitative estimate of drug-likeness (QED) is 0.807. The maximum atomic E-state index is 13.4. The van der Waals surface area contributed by atoms with E-state index in [0.29, 0.717) is 19.5 Å². The van der Waals surface area contributed by atoms with Crippen molar-refractivity contribution in [2.75, 3.05) is 13.1 Å². The lowest BCUT2D eigenvalue weighted by atomic mass is 10.1. The number of halogens is 3. The van der Waals surface area contributed by atoms with Crippen LogP contribution in [-0.2, 0) is 13.0 Å². The lowest BCUT2D eigenvalue weighted by Gasteiger charge is -2.19. The van der Waals surface area contributed by atoms with Gasteiger partial charge in [0.15, 0.2) is 0 Å². The number of pyridine rings is 1. The molecule has 3 nitrogen and oxygen atoms in total. The van der Waals surface area contributed by atoms with Crippen molar-refractivity contribution < 1.29 is 8.78 Å². The second-order valence-electron chi connectivity index (χ2n) is 6.05. The first kappa shape index (κ1) is 19.1. The molecule has 2 aromatic heterocycles. The Hall–Kier alpha value is -1.24. The Balaban J connectivity index is 0.00000208. The molecule has 1 fully saturated rings. The van der Waals surface area contributed by atoms with E-state index in [0.717, 1.165) is 21.8 Å². The van der Waals surface area contributed by atoms with Crippen molar-refractivity contribution in [3.8, 4) is 5.00 Å². The molecule has 0 unspecified atom stereocenters. The third kappa shape index (κ3) is 3.71. The Kier molecular flexibility index (Phi) is 5.83. The van der Waals surface area contributed by atoms with Gasteiger partial charge in [0.25, 0.3) is 11.5 Å². The highest BCUT2D eigenvalue weighted by atomic mass is 35.5. The van der Waals surface area contributed by atoms with E-state index >= 15 is 0 Å². The van der Waals surface area contributed by atoms with Gasteiger partial charge < -0.3 is 0 Å². The average Bonchev–Trinajstić information content (AvgIpc) is 3.09. The van der Waals surface area contributed by atoms with Gasteiger partial charge in [-0.3, -0.25) is 14.3 Å². The molecule has 0 bridgehead atoms. The molecule has 1 saturated heterocycles. The predicted molar refractivity (Wildman–Crippen MR) is 96.1 cm³/mol. The van der Waals surface area contributed by atoms with E-state index in [1.807, 2.05) is 37.4 Å². The minimum atomic E-state index is -2.60. The molecular formula is C17H21ClF2N2OS. The molecule has 0 saturated carbocycles. The number of aryl methyl sites for hydroxylation is 1. The van der Waals surface area contributed by atoms with Gasteiger partial charge in [0.2, 0.25) is 0 Å². The van der Waals surface area contributed by atoms with Crippen LogP contribution in [0, 0.1) is 6.92 Å². The van der Waals surface area contributed by atoms with E-state index < -0.39 is 5.92 Å². The molecule has 0 N–H and O–H groups in total. The normalized spacial score (nSPS) is 17.0. The van der Waals surface area contributed by atoms with Crippen LogP contribution >= 0.6 is 23.7 Å². The van der Waals surface area contributed by atoms with Crippen LogP contribution in [0.5, 0.6) is 0 Å². The summed E-state index contributed by atoms with van der Waals surface area (Å²) in [7, 11) is 0. The number of hydrogen-bond donors (Lipinski definition) is 0. The van der Waals surface area contributed by atoms with Crippen molar-refractivity contribution in [3.63, 3.8) is 0 Å². The second-order valence-corrected chi connectivity index (χ2v) is 6.98. The highest BCUT2D eigenvalue weighted by Gasteiger charge is 2.38. The van der Waals surface area contributed by atoms with Crippen molar-refractivity contribution in [2.45, 2.75) is 39.2 Å². The summed E-state index contributed by atoms with van der Waals surface area (Å²) in [6, 6.07) is 5.80. The highest BCUT2D eigenvalue weighted by Crippen LogP contribution is 2.28. The lowest BCUT2D eigenvalue weighted by molar-refractivity contribution is 0.0115. The fourth-order valence-electron chi connectivity index (χ4n) is 3.21. The van der Waals surface area contributed by atoms with Crippen LogP contribution in [0.1, 0.15) is 30.2 Å². The van der Waals surface area contributed by atoms with Crippen LogP contribution in [0.25, 0.3) is 5.00 Å². The second kappa shape index (κ2) is 7.33. The molecule has 24 heavy (non-hydrogen) atoms. The van der Waals surface area contributed by atoms with E-state index in [1.54, 1.807) is 9.47 Å². The van der Waals surface area contributed by atoms with Crippen molar-refractivity contribution >= 4 is 23.7 Å².